The summed E-state index contributed by atoms with van der Waals surface area (Å²) in [6.07, 6.45) is 2.52. The van der Waals surface area contributed by atoms with Crippen molar-refractivity contribution in [3.8, 4) is 5.75 Å². The Morgan fingerprint density at radius 3 is 2.93 bits per heavy atom. The average molecular weight is 366 g/mol. The topological polar surface area (TPSA) is 67.4 Å². The van der Waals surface area contributed by atoms with E-state index in [4.69, 9.17) is 4.74 Å². The Labute approximate surface area is 160 Å². The standard InChI is InChI=1S/C22H26N2O3/c1-3-27-19-8-5-7-17(13-19)15(2)23-21(25)9-4-6-16-10-11-20-18(12-16)14-22(26)24-20/h5,7-8,10-13,15H,3-4,6,9,14H2,1-2H3,(H,23,25)(H,24,26). The van der Waals surface area contributed by atoms with Crippen LogP contribution in [0.15, 0.2) is 42.5 Å². The Bertz CT molecular complexity index is 832. The van der Waals surface area contributed by atoms with E-state index in [1.807, 2.05) is 50.2 Å². The fourth-order valence-corrected chi connectivity index (χ4v) is 3.33. The summed E-state index contributed by atoms with van der Waals surface area (Å²) in [6.45, 7) is 4.55. The molecule has 0 saturated heterocycles. The highest BCUT2D eigenvalue weighted by molar-refractivity contribution is 5.99. The number of amides is 2. The van der Waals surface area contributed by atoms with Crippen LogP contribution >= 0.6 is 0 Å². The first-order valence-corrected chi connectivity index (χ1v) is 9.49. The minimum Gasteiger partial charge on any atom is -0.494 e. The molecule has 0 fully saturated rings. The molecule has 2 aromatic carbocycles. The van der Waals surface area contributed by atoms with Crippen molar-refractivity contribution < 1.29 is 14.3 Å². The van der Waals surface area contributed by atoms with Crippen LogP contribution in [-0.4, -0.2) is 18.4 Å². The number of ether oxygens (including phenoxy) is 1. The summed E-state index contributed by atoms with van der Waals surface area (Å²) in [5.41, 5.74) is 4.15. The molecule has 0 aliphatic carbocycles. The van der Waals surface area contributed by atoms with E-state index in [0.29, 0.717) is 19.4 Å². The highest BCUT2D eigenvalue weighted by Gasteiger charge is 2.17. The number of hydrogen-bond acceptors (Lipinski definition) is 3. The van der Waals surface area contributed by atoms with Crippen molar-refractivity contribution in [2.24, 2.45) is 0 Å². The molecule has 1 atom stereocenters. The van der Waals surface area contributed by atoms with Crippen molar-refractivity contribution in [3.05, 3.63) is 59.2 Å². The second-order valence-corrected chi connectivity index (χ2v) is 6.86. The van der Waals surface area contributed by atoms with E-state index in [0.717, 1.165) is 41.0 Å². The third-order valence-electron chi connectivity index (χ3n) is 4.71. The monoisotopic (exact) mass is 366 g/mol. The van der Waals surface area contributed by atoms with Gasteiger partial charge >= 0.3 is 0 Å². The maximum Gasteiger partial charge on any atom is 0.228 e. The predicted molar refractivity (Wildman–Crippen MR) is 106 cm³/mol. The first-order chi connectivity index (χ1) is 13.0. The molecule has 0 bridgehead atoms. The number of carbonyl (C=O) groups is 2. The molecule has 142 valence electrons. The second-order valence-electron chi connectivity index (χ2n) is 6.86. The fourth-order valence-electron chi connectivity index (χ4n) is 3.33. The lowest BCUT2D eigenvalue weighted by molar-refractivity contribution is -0.121. The molecule has 2 N–H and O–H groups in total. The number of hydrogen-bond donors (Lipinski definition) is 2. The third-order valence-corrected chi connectivity index (χ3v) is 4.71. The van der Waals surface area contributed by atoms with Gasteiger partial charge in [0, 0.05) is 12.1 Å². The smallest absolute Gasteiger partial charge is 0.228 e. The van der Waals surface area contributed by atoms with Crippen LogP contribution in [0.25, 0.3) is 0 Å². The third kappa shape index (κ3) is 5.09. The van der Waals surface area contributed by atoms with Crippen LogP contribution in [0.3, 0.4) is 0 Å². The maximum absolute atomic E-state index is 12.3. The van der Waals surface area contributed by atoms with Gasteiger partial charge in [0.1, 0.15) is 5.75 Å². The molecule has 0 saturated carbocycles. The zero-order valence-electron chi connectivity index (χ0n) is 15.9. The molecule has 0 radical (unpaired) electrons. The van der Waals surface area contributed by atoms with Crippen LogP contribution in [0.1, 0.15) is 49.4 Å². The minimum absolute atomic E-state index is 0.0438. The van der Waals surface area contributed by atoms with Crippen LogP contribution in [0, 0.1) is 0 Å². The SMILES string of the molecule is CCOc1cccc(C(C)NC(=O)CCCc2ccc3c(c2)CC(=O)N3)c1. The van der Waals surface area contributed by atoms with Gasteiger partial charge in [-0.05, 0) is 61.6 Å². The van der Waals surface area contributed by atoms with E-state index in [-0.39, 0.29) is 17.9 Å². The van der Waals surface area contributed by atoms with Gasteiger partial charge in [-0.3, -0.25) is 9.59 Å². The lowest BCUT2D eigenvalue weighted by Crippen LogP contribution is -2.26. The van der Waals surface area contributed by atoms with Crippen LogP contribution < -0.4 is 15.4 Å². The Balaban J connectivity index is 1.46. The van der Waals surface area contributed by atoms with E-state index in [2.05, 4.69) is 16.7 Å². The Morgan fingerprint density at radius 2 is 2.11 bits per heavy atom. The van der Waals surface area contributed by atoms with E-state index >= 15 is 0 Å². The van der Waals surface area contributed by atoms with Gasteiger partial charge in [0.05, 0.1) is 19.1 Å². The number of anilines is 1. The molecule has 1 aliphatic rings. The zero-order valence-corrected chi connectivity index (χ0v) is 15.9. The van der Waals surface area contributed by atoms with Crippen molar-refractivity contribution in [2.75, 3.05) is 11.9 Å². The summed E-state index contributed by atoms with van der Waals surface area (Å²) >= 11 is 0. The van der Waals surface area contributed by atoms with Gasteiger partial charge in [-0.2, -0.15) is 0 Å². The summed E-state index contributed by atoms with van der Waals surface area (Å²) in [5, 5.41) is 5.89. The normalized spacial score (nSPS) is 13.6. The molecule has 0 spiro atoms. The molecule has 1 unspecified atom stereocenters. The van der Waals surface area contributed by atoms with Gasteiger partial charge in [-0.1, -0.05) is 24.3 Å². The van der Waals surface area contributed by atoms with Crippen LogP contribution in [0.4, 0.5) is 5.69 Å². The van der Waals surface area contributed by atoms with Gasteiger partial charge < -0.3 is 15.4 Å². The van der Waals surface area contributed by atoms with Crippen molar-refractivity contribution in [1.29, 1.82) is 0 Å². The van der Waals surface area contributed by atoms with E-state index in [1.54, 1.807) is 0 Å². The lowest BCUT2D eigenvalue weighted by atomic mass is 10.0. The highest BCUT2D eigenvalue weighted by Crippen LogP contribution is 2.24. The second kappa shape index (κ2) is 8.71. The first kappa shape index (κ1) is 19.0. The summed E-state index contributed by atoms with van der Waals surface area (Å²) in [5.74, 6) is 0.909. The Hall–Kier alpha value is -2.82. The fraction of sp³-hybridized carbons (Fsp3) is 0.364. The first-order valence-electron chi connectivity index (χ1n) is 9.49. The minimum atomic E-state index is -0.0602. The molecule has 1 aliphatic heterocycles. The molecular formula is C22H26N2O3. The maximum atomic E-state index is 12.3. The molecule has 5 nitrogen and oxygen atoms in total. The van der Waals surface area contributed by atoms with Gasteiger partial charge in [-0.25, -0.2) is 0 Å². The highest BCUT2D eigenvalue weighted by atomic mass is 16.5. The Morgan fingerprint density at radius 1 is 1.26 bits per heavy atom. The molecule has 27 heavy (non-hydrogen) atoms. The van der Waals surface area contributed by atoms with E-state index < -0.39 is 0 Å². The molecule has 2 aromatic rings. The van der Waals surface area contributed by atoms with Crippen molar-refractivity contribution in [1.82, 2.24) is 5.32 Å². The van der Waals surface area contributed by atoms with Crippen LogP contribution in [-0.2, 0) is 22.4 Å². The molecule has 2 amide bonds. The zero-order chi connectivity index (χ0) is 19.2. The summed E-state index contributed by atoms with van der Waals surface area (Å²) in [4.78, 5) is 23.7. The van der Waals surface area contributed by atoms with Crippen LogP contribution in [0.5, 0.6) is 5.75 Å². The summed E-state index contributed by atoms with van der Waals surface area (Å²) in [7, 11) is 0. The van der Waals surface area contributed by atoms with Gasteiger partial charge in [0.25, 0.3) is 0 Å². The number of carbonyl (C=O) groups excluding carboxylic acids is 2. The van der Waals surface area contributed by atoms with Crippen molar-refractivity contribution in [2.45, 2.75) is 45.6 Å². The average Bonchev–Trinajstić information content (AvgIpc) is 3.01. The largest absolute Gasteiger partial charge is 0.494 e. The number of aryl methyl sites for hydroxylation is 1. The van der Waals surface area contributed by atoms with Crippen molar-refractivity contribution >= 4 is 17.5 Å². The number of benzene rings is 2. The number of nitrogens with one attached hydrogen (secondary N) is 2. The predicted octanol–water partition coefficient (Wildman–Crippen LogP) is 3.78. The molecule has 5 heteroatoms. The quantitative estimate of drug-likeness (QED) is 0.747. The van der Waals surface area contributed by atoms with Gasteiger partial charge in [-0.15, -0.1) is 0 Å². The molecule has 3 rings (SSSR count). The Kier molecular flexibility index (Phi) is 6.12. The molecule has 0 aromatic heterocycles. The summed E-state index contributed by atoms with van der Waals surface area (Å²) in [6, 6.07) is 13.8. The van der Waals surface area contributed by atoms with Crippen molar-refractivity contribution in [3.63, 3.8) is 0 Å². The van der Waals surface area contributed by atoms with Gasteiger partial charge in [0.2, 0.25) is 11.8 Å². The van der Waals surface area contributed by atoms with Crippen LogP contribution in [0.2, 0.25) is 0 Å². The van der Waals surface area contributed by atoms with E-state index in [9.17, 15) is 9.59 Å². The van der Waals surface area contributed by atoms with Gasteiger partial charge in [0.15, 0.2) is 0 Å². The lowest BCUT2D eigenvalue weighted by Gasteiger charge is -2.15. The summed E-state index contributed by atoms with van der Waals surface area (Å²) < 4.78 is 5.52. The molecule has 1 heterocycles. The number of rotatable bonds is 8. The number of fused-ring (bicyclic) bond motifs is 1. The molecular weight excluding hydrogens is 340 g/mol. The van der Waals surface area contributed by atoms with E-state index in [1.165, 1.54) is 0 Å².